The van der Waals surface area contributed by atoms with Crippen LogP contribution in [0.4, 0.5) is 0 Å². The first-order valence-corrected chi connectivity index (χ1v) is 7.32. The molecular weight excluding hydrogens is 274 g/mol. The lowest BCUT2D eigenvalue weighted by atomic mass is 10.2. The van der Waals surface area contributed by atoms with Crippen LogP contribution in [-0.4, -0.2) is 27.5 Å². The van der Waals surface area contributed by atoms with E-state index in [4.69, 9.17) is 16.9 Å². The number of hydrogen-bond acceptors (Lipinski definition) is 4. The Labute approximate surface area is 111 Å². The topological polar surface area (TPSA) is 82.0 Å². The summed E-state index contributed by atoms with van der Waals surface area (Å²) in [6, 6.07) is 5.88. The van der Waals surface area contributed by atoms with E-state index in [-0.39, 0.29) is 21.5 Å². The van der Waals surface area contributed by atoms with E-state index in [0.717, 1.165) is 13.0 Å². The smallest absolute Gasteiger partial charge is 0.240 e. The summed E-state index contributed by atoms with van der Waals surface area (Å²) in [5.41, 5.74) is 0.262. The summed E-state index contributed by atoms with van der Waals surface area (Å²) in [5.74, 6) is 0. The van der Waals surface area contributed by atoms with Crippen molar-refractivity contribution >= 4 is 21.6 Å². The van der Waals surface area contributed by atoms with Gasteiger partial charge in [0.15, 0.2) is 0 Å². The molecule has 0 unspecified atom stereocenters. The monoisotopic (exact) mass is 285 g/mol. The van der Waals surface area contributed by atoms with Crippen molar-refractivity contribution in [3.05, 3.63) is 28.8 Å². The molecule has 18 heavy (non-hydrogen) atoms. The summed E-state index contributed by atoms with van der Waals surface area (Å²) in [6.07, 6.45) is 0.767. The number of rotatable bonds is 3. The highest BCUT2D eigenvalue weighted by Crippen LogP contribution is 2.20. The van der Waals surface area contributed by atoms with E-state index >= 15 is 0 Å². The fourth-order valence-electron chi connectivity index (χ4n) is 1.80. The van der Waals surface area contributed by atoms with E-state index in [0.29, 0.717) is 6.54 Å². The third kappa shape index (κ3) is 2.82. The van der Waals surface area contributed by atoms with Gasteiger partial charge in [0.25, 0.3) is 0 Å². The van der Waals surface area contributed by atoms with Crippen LogP contribution in [0.25, 0.3) is 0 Å². The van der Waals surface area contributed by atoms with Gasteiger partial charge in [0, 0.05) is 12.6 Å². The maximum atomic E-state index is 12.1. The highest BCUT2D eigenvalue weighted by Gasteiger charge is 2.23. The van der Waals surface area contributed by atoms with Gasteiger partial charge in [-0.25, -0.2) is 13.1 Å². The number of halogens is 1. The second-order valence-corrected chi connectivity index (χ2v) is 6.19. The molecule has 0 amide bonds. The molecule has 1 fully saturated rings. The molecule has 1 saturated heterocycles. The van der Waals surface area contributed by atoms with Crippen molar-refractivity contribution in [2.24, 2.45) is 0 Å². The molecule has 0 spiro atoms. The van der Waals surface area contributed by atoms with Gasteiger partial charge in [-0.3, -0.25) is 0 Å². The van der Waals surface area contributed by atoms with Crippen LogP contribution >= 0.6 is 11.6 Å². The normalized spacial score (nSPS) is 19.7. The number of nitriles is 1. The zero-order chi connectivity index (χ0) is 13.2. The number of sulfonamides is 1. The zero-order valence-corrected chi connectivity index (χ0v) is 11.1. The van der Waals surface area contributed by atoms with Crippen molar-refractivity contribution in [1.82, 2.24) is 10.0 Å². The average Bonchev–Trinajstić information content (AvgIpc) is 2.81. The Hall–Kier alpha value is -1.13. The Bertz CT molecular complexity index is 589. The summed E-state index contributed by atoms with van der Waals surface area (Å²) in [6.45, 7) is 1.44. The lowest BCUT2D eigenvalue weighted by Gasteiger charge is -2.12. The molecular formula is C11H12ClN3O2S. The molecule has 1 aliphatic rings. The van der Waals surface area contributed by atoms with Crippen molar-refractivity contribution in [1.29, 1.82) is 5.26 Å². The Morgan fingerprint density at radius 2 is 2.28 bits per heavy atom. The molecule has 1 aromatic rings. The molecule has 0 radical (unpaired) electrons. The Morgan fingerprint density at radius 3 is 2.83 bits per heavy atom. The highest BCUT2D eigenvalue weighted by atomic mass is 35.5. The highest BCUT2D eigenvalue weighted by molar-refractivity contribution is 7.89. The van der Waals surface area contributed by atoms with E-state index in [1.807, 2.05) is 6.07 Å². The van der Waals surface area contributed by atoms with Gasteiger partial charge in [0.2, 0.25) is 10.0 Å². The largest absolute Gasteiger partial charge is 0.315 e. The molecule has 7 heteroatoms. The second-order valence-electron chi connectivity index (χ2n) is 4.06. The third-order valence-corrected chi connectivity index (χ3v) is 4.58. The van der Waals surface area contributed by atoms with Crippen molar-refractivity contribution < 1.29 is 8.42 Å². The maximum Gasteiger partial charge on any atom is 0.240 e. The summed E-state index contributed by atoms with van der Waals surface area (Å²) >= 11 is 5.83. The SMILES string of the molecule is N#Cc1ccc(S(=O)(=O)N[C@H]2CCNC2)cc1Cl. The minimum atomic E-state index is -3.58. The van der Waals surface area contributed by atoms with Gasteiger partial charge in [0.1, 0.15) is 6.07 Å². The minimum Gasteiger partial charge on any atom is -0.315 e. The maximum absolute atomic E-state index is 12.1. The lowest BCUT2D eigenvalue weighted by Crippen LogP contribution is -2.36. The molecule has 2 rings (SSSR count). The molecule has 0 bridgehead atoms. The molecule has 0 aromatic heterocycles. The van der Waals surface area contributed by atoms with E-state index in [1.54, 1.807) is 0 Å². The molecule has 1 heterocycles. The first-order valence-electron chi connectivity index (χ1n) is 5.45. The van der Waals surface area contributed by atoms with Crippen molar-refractivity contribution in [2.45, 2.75) is 17.4 Å². The van der Waals surface area contributed by atoms with Crippen LogP contribution in [0.5, 0.6) is 0 Å². The van der Waals surface area contributed by atoms with Gasteiger partial charge >= 0.3 is 0 Å². The minimum absolute atomic E-state index is 0.0819. The van der Waals surface area contributed by atoms with Crippen LogP contribution in [0, 0.1) is 11.3 Å². The number of hydrogen-bond donors (Lipinski definition) is 2. The summed E-state index contributed by atoms with van der Waals surface area (Å²) < 4.78 is 26.7. The first kappa shape index (κ1) is 13.3. The van der Waals surface area contributed by atoms with E-state index < -0.39 is 10.0 Å². The number of nitrogens with one attached hydrogen (secondary N) is 2. The Morgan fingerprint density at radius 1 is 1.50 bits per heavy atom. The van der Waals surface area contributed by atoms with Gasteiger partial charge < -0.3 is 5.32 Å². The average molecular weight is 286 g/mol. The summed E-state index contributed by atoms with van der Waals surface area (Å²) in [5, 5.41) is 12.0. The second kappa shape index (κ2) is 5.24. The standard InChI is InChI=1S/C11H12ClN3O2S/c12-11-5-10(2-1-8(11)6-13)18(16,17)15-9-3-4-14-7-9/h1-2,5,9,14-15H,3-4,7H2/t9-/m0/s1. The number of benzene rings is 1. The van der Waals surface area contributed by atoms with Crippen LogP contribution in [0.15, 0.2) is 23.1 Å². The molecule has 0 aliphatic carbocycles. The third-order valence-electron chi connectivity index (χ3n) is 2.75. The van der Waals surface area contributed by atoms with E-state index in [9.17, 15) is 8.42 Å². The van der Waals surface area contributed by atoms with Crippen LogP contribution in [0.1, 0.15) is 12.0 Å². The Balaban J connectivity index is 2.24. The molecule has 0 saturated carbocycles. The predicted octanol–water partition coefficient (Wildman–Crippen LogP) is 0.852. The Kier molecular flexibility index (Phi) is 3.88. The zero-order valence-electron chi connectivity index (χ0n) is 9.48. The predicted molar refractivity (Wildman–Crippen MR) is 67.8 cm³/mol. The molecule has 1 atom stereocenters. The molecule has 1 aromatic carbocycles. The van der Waals surface area contributed by atoms with Gasteiger partial charge in [-0.15, -0.1) is 0 Å². The van der Waals surface area contributed by atoms with Crippen LogP contribution in [0.3, 0.4) is 0 Å². The van der Waals surface area contributed by atoms with E-state index in [2.05, 4.69) is 10.0 Å². The van der Waals surface area contributed by atoms with Crippen molar-refractivity contribution in [2.75, 3.05) is 13.1 Å². The molecule has 96 valence electrons. The molecule has 2 N–H and O–H groups in total. The lowest BCUT2D eigenvalue weighted by molar-refractivity contribution is 0.560. The van der Waals surface area contributed by atoms with Gasteiger partial charge in [-0.05, 0) is 31.2 Å². The molecule has 1 aliphatic heterocycles. The summed E-state index contributed by atoms with van der Waals surface area (Å²) in [4.78, 5) is 0.0819. The molecule has 5 nitrogen and oxygen atoms in total. The van der Waals surface area contributed by atoms with Crippen molar-refractivity contribution in [3.63, 3.8) is 0 Å². The van der Waals surface area contributed by atoms with Crippen LogP contribution < -0.4 is 10.0 Å². The van der Waals surface area contributed by atoms with Gasteiger partial charge in [0.05, 0.1) is 15.5 Å². The fraction of sp³-hybridized carbons (Fsp3) is 0.364. The summed E-state index contributed by atoms with van der Waals surface area (Å²) in [7, 11) is -3.58. The number of nitrogens with zero attached hydrogens (tertiary/aromatic N) is 1. The fourth-order valence-corrected chi connectivity index (χ4v) is 3.38. The van der Waals surface area contributed by atoms with Crippen LogP contribution in [0.2, 0.25) is 5.02 Å². The van der Waals surface area contributed by atoms with Gasteiger partial charge in [-0.2, -0.15) is 5.26 Å². The van der Waals surface area contributed by atoms with Gasteiger partial charge in [-0.1, -0.05) is 11.6 Å². The van der Waals surface area contributed by atoms with Crippen molar-refractivity contribution in [3.8, 4) is 6.07 Å². The first-order chi connectivity index (χ1) is 8.53. The van der Waals surface area contributed by atoms with Crippen LogP contribution in [-0.2, 0) is 10.0 Å². The quantitative estimate of drug-likeness (QED) is 0.863. The van der Waals surface area contributed by atoms with E-state index in [1.165, 1.54) is 18.2 Å².